The van der Waals surface area contributed by atoms with Gasteiger partial charge < -0.3 is 4.90 Å². The molecule has 0 saturated carbocycles. The van der Waals surface area contributed by atoms with Gasteiger partial charge in [0.15, 0.2) is 0 Å². The summed E-state index contributed by atoms with van der Waals surface area (Å²) in [7, 11) is -3.20. The molecule has 22 heavy (non-hydrogen) atoms. The molecule has 0 spiro atoms. The fourth-order valence-electron chi connectivity index (χ4n) is 2.52. The summed E-state index contributed by atoms with van der Waals surface area (Å²) in [6.07, 6.45) is 1.19. The van der Waals surface area contributed by atoms with E-state index in [0.29, 0.717) is 36.1 Å². The van der Waals surface area contributed by atoms with Crippen LogP contribution >= 0.6 is 22.9 Å². The fourth-order valence-corrected chi connectivity index (χ4v) is 4.82. The van der Waals surface area contributed by atoms with Crippen molar-refractivity contribution < 1.29 is 13.2 Å². The topological polar surface area (TPSA) is 57.7 Å². The number of rotatable bonds is 2. The molecule has 1 fully saturated rings. The first-order valence-corrected chi connectivity index (χ1v) is 9.83. The van der Waals surface area contributed by atoms with Crippen LogP contribution < -0.4 is 0 Å². The second kappa shape index (κ2) is 5.81. The van der Waals surface area contributed by atoms with Crippen LogP contribution in [0.1, 0.15) is 9.67 Å². The van der Waals surface area contributed by atoms with Gasteiger partial charge in [0.1, 0.15) is 4.88 Å². The quantitative estimate of drug-likeness (QED) is 0.827. The van der Waals surface area contributed by atoms with Crippen LogP contribution in [-0.2, 0) is 10.0 Å². The maximum Gasteiger partial charge on any atom is 0.265 e. The van der Waals surface area contributed by atoms with E-state index in [1.807, 2.05) is 24.3 Å². The zero-order valence-electron chi connectivity index (χ0n) is 12.0. The molecule has 8 heteroatoms. The second-order valence-electron chi connectivity index (χ2n) is 5.20. The first kappa shape index (κ1) is 15.7. The molecular weight excluding hydrogens is 344 g/mol. The molecule has 1 aromatic carbocycles. The molecule has 118 valence electrons. The molecule has 0 atom stereocenters. The Labute approximate surface area is 138 Å². The number of carbonyl (C=O) groups is 1. The normalized spacial score (nSPS) is 17.1. The van der Waals surface area contributed by atoms with E-state index in [1.165, 1.54) is 21.9 Å². The third-order valence-electron chi connectivity index (χ3n) is 3.72. The Morgan fingerprint density at radius 2 is 1.82 bits per heavy atom. The molecule has 0 radical (unpaired) electrons. The minimum absolute atomic E-state index is 0.126. The number of benzene rings is 1. The first-order valence-electron chi connectivity index (χ1n) is 6.79. The first-order chi connectivity index (χ1) is 10.4. The minimum Gasteiger partial charge on any atom is -0.335 e. The molecule has 5 nitrogen and oxygen atoms in total. The number of amides is 1. The third-order valence-corrected chi connectivity index (χ3v) is 6.69. The van der Waals surface area contributed by atoms with Crippen molar-refractivity contribution in [1.29, 1.82) is 0 Å². The van der Waals surface area contributed by atoms with E-state index in [-0.39, 0.29) is 5.91 Å². The van der Waals surface area contributed by atoms with Crippen LogP contribution in [0.15, 0.2) is 24.3 Å². The van der Waals surface area contributed by atoms with Crippen LogP contribution in [0, 0.1) is 0 Å². The molecule has 0 aliphatic carbocycles. The number of halogens is 1. The maximum absolute atomic E-state index is 12.6. The van der Waals surface area contributed by atoms with Crippen LogP contribution in [0.25, 0.3) is 10.1 Å². The molecular formula is C14H15ClN2O3S2. The zero-order valence-corrected chi connectivity index (χ0v) is 14.3. The molecule has 1 aliphatic rings. The second-order valence-corrected chi connectivity index (χ2v) is 8.61. The molecule has 2 heterocycles. The zero-order chi connectivity index (χ0) is 15.9. The summed E-state index contributed by atoms with van der Waals surface area (Å²) in [6, 6.07) is 7.63. The number of carbonyl (C=O) groups excluding carboxylic acids is 1. The van der Waals surface area contributed by atoms with Crippen LogP contribution in [0.4, 0.5) is 0 Å². The summed E-state index contributed by atoms with van der Waals surface area (Å²) >= 11 is 7.71. The smallest absolute Gasteiger partial charge is 0.265 e. The van der Waals surface area contributed by atoms with Gasteiger partial charge >= 0.3 is 0 Å². The average Bonchev–Trinajstić information content (AvgIpc) is 2.83. The highest BCUT2D eigenvalue weighted by Crippen LogP contribution is 2.36. The van der Waals surface area contributed by atoms with Crippen LogP contribution in [0.3, 0.4) is 0 Å². The van der Waals surface area contributed by atoms with Crippen molar-refractivity contribution in [3.8, 4) is 0 Å². The van der Waals surface area contributed by atoms with Crippen LogP contribution in [0.2, 0.25) is 5.02 Å². The molecule has 3 rings (SSSR count). The van der Waals surface area contributed by atoms with E-state index in [4.69, 9.17) is 11.6 Å². The van der Waals surface area contributed by atoms with Gasteiger partial charge in [-0.15, -0.1) is 11.3 Å². The van der Waals surface area contributed by atoms with Crippen molar-refractivity contribution in [1.82, 2.24) is 9.21 Å². The number of fused-ring (bicyclic) bond motifs is 1. The van der Waals surface area contributed by atoms with E-state index in [9.17, 15) is 13.2 Å². The van der Waals surface area contributed by atoms with E-state index >= 15 is 0 Å². The van der Waals surface area contributed by atoms with Gasteiger partial charge in [0.25, 0.3) is 5.91 Å². The van der Waals surface area contributed by atoms with Gasteiger partial charge in [0.2, 0.25) is 10.0 Å². The van der Waals surface area contributed by atoms with Crippen LogP contribution in [0.5, 0.6) is 0 Å². The summed E-state index contributed by atoms with van der Waals surface area (Å²) < 4.78 is 25.4. The lowest BCUT2D eigenvalue weighted by atomic mass is 10.2. The van der Waals surface area contributed by atoms with E-state index in [1.54, 1.807) is 4.90 Å². The lowest BCUT2D eigenvalue weighted by Crippen LogP contribution is -2.50. The van der Waals surface area contributed by atoms with Gasteiger partial charge in [-0.05, 0) is 6.07 Å². The summed E-state index contributed by atoms with van der Waals surface area (Å²) in [5, 5.41) is 1.36. The van der Waals surface area contributed by atoms with E-state index in [0.717, 1.165) is 10.1 Å². The monoisotopic (exact) mass is 358 g/mol. The summed E-state index contributed by atoms with van der Waals surface area (Å²) in [5.74, 6) is -0.126. The molecule has 1 saturated heterocycles. The van der Waals surface area contributed by atoms with Crippen LogP contribution in [-0.4, -0.2) is 56.0 Å². The fraction of sp³-hybridized carbons (Fsp3) is 0.357. The Morgan fingerprint density at radius 1 is 1.18 bits per heavy atom. The molecule has 2 aromatic rings. The summed E-state index contributed by atoms with van der Waals surface area (Å²) in [4.78, 5) is 14.8. The Balaban J connectivity index is 1.81. The number of piperazine rings is 1. The van der Waals surface area contributed by atoms with Gasteiger partial charge in [-0.1, -0.05) is 29.8 Å². The van der Waals surface area contributed by atoms with Crippen molar-refractivity contribution >= 4 is 49.0 Å². The minimum atomic E-state index is -3.20. The summed E-state index contributed by atoms with van der Waals surface area (Å²) in [6.45, 7) is 1.42. The third kappa shape index (κ3) is 2.86. The van der Waals surface area contributed by atoms with Crippen molar-refractivity contribution in [2.24, 2.45) is 0 Å². The number of sulfonamides is 1. The molecule has 1 aliphatic heterocycles. The number of thiophene rings is 1. The Kier molecular flexibility index (Phi) is 4.15. The Morgan fingerprint density at radius 3 is 2.41 bits per heavy atom. The van der Waals surface area contributed by atoms with Gasteiger partial charge in [-0.3, -0.25) is 4.79 Å². The van der Waals surface area contributed by atoms with E-state index < -0.39 is 10.0 Å². The predicted molar refractivity (Wildman–Crippen MR) is 89.2 cm³/mol. The Hall–Kier alpha value is -1.15. The van der Waals surface area contributed by atoms with Crippen molar-refractivity contribution in [2.45, 2.75) is 0 Å². The SMILES string of the molecule is CS(=O)(=O)N1CCN(C(=O)c2sc3ccccc3c2Cl)CC1. The van der Waals surface area contributed by atoms with Crippen molar-refractivity contribution in [3.05, 3.63) is 34.2 Å². The van der Waals surface area contributed by atoms with Gasteiger partial charge in [-0.25, -0.2) is 8.42 Å². The highest BCUT2D eigenvalue weighted by Gasteiger charge is 2.28. The maximum atomic E-state index is 12.6. The molecule has 0 bridgehead atoms. The lowest BCUT2D eigenvalue weighted by molar-refractivity contribution is 0.0703. The highest BCUT2D eigenvalue weighted by molar-refractivity contribution is 7.88. The lowest BCUT2D eigenvalue weighted by Gasteiger charge is -2.33. The molecule has 1 aromatic heterocycles. The van der Waals surface area contributed by atoms with E-state index in [2.05, 4.69) is 0 Å². The van der Waals surface area contributed by atoms with Gasteiger partial charge in [-0.2, -0.15) is 4.31 Å². The molecule has 0 unspecified atom stereocenters. The van der Waals surface area contributed by atoms with Crippen molar-refractivity contribution in [3.63, 3.8) is 0 Å². The van der Waals surface area contributed by atoms with Gasteiger partial charge in [0.05, 0.1) is 11.3 Å². The highest BCUT2D eigenvalue weighted by atomic mass is 35.5. The molecule has 1 amide bonds. The number of hydrogen-bond acceptors (Lipinski definition) is 4. The Bertz CT molecular complexity index is 824. The molecule has 0 N–H and O–H groups in total. The summed E-state index contributed by atoms with van der Waals surface area (Å²) in [5.41, 5.74) is 0. The largest absolute Gasteiger partial charge is 0.335 e. The number of nitrogens with zero attached hydrogens (tertiary/aromatic N) is 2. The standard InChI is InChI=1S/C14H15ClN2O3S2/c1-22(19,20)17-8-6-16(7-9-17)14(18)13-12(15)10-4-2-3-5-11(10)21-13/h2-5H,6-9H2,1H3. The number of hydrogen-bond donors (Lipinski definition) is 0. The van der Waals surface area contributed by atoms with Crippen molar-refractivity contribution in [2.75, 3.05) is 32.4 Å². The average molecular weight is 359 g/mol. The van der Waals surface area contributed by atoms with Gasteiger partial charge in [0, 0.05) is 36.3 Å². The predicted octanol–water partition coefficient (Wildman–Crippen LogP) is 2.27.